The molecule has 1 unspecified atom stereocenters. The first kappa shape index (κ1) is 14.1. The average Bonchev–Trinajstić information content (AvgIpc) is 2.81. The van der Waals surface area contributed by atoms with Crippen molar-refractivity contribution in [1.29, 1.82) is 0 Å². The molecule has 5 nitrogen and oxygen atoms in total. The molecule has 5 heteroatoms. The van der Waals surface area contributed by atoms with Crippen molar-refractivity contribution >= 4 is 22.8 Å². The highest BCUT2D eigenvalue weighted by Crippen LogP contribution is 2.21. The Morgan fingerprint density at radius 1 is 1.35 bits per heavy atom. The van der Waals surface area contributed by atoms with Crippen LogP contribution in [0.15, 0.2) is 28.7 Å². The standard InChI is InChI=1S/C15H17NO4/c1-4-15(3,14(18)19)16-13(17)12-8-10-7-9(2)5-6-11(10)20-12/h5-8H,4H2,1-3H3,(H,16,17)(H,18,19). The molecule has 0 fully saturated rings. The third-order valence-electron chi connectivity index (χ3n) is 3.46. The second kappa shape index (κ2) is 5.00. The van der Waals surface area contributed by atoms with Crippen molar-refractivity contribution in [2.75, 3.05) is 0 Å². The Morgan fingerprint density at radius 2 is 2.05 bits per heavy atom. The van der Waals surface area contributed by atoms with Crippen molar-refractivity contribution < 1.29 is 19.1 Å². The number of hydrogen-bond donors (Lipinski definition) is 2. The van der Waals surface area contributed by atoms with Gasteiger partial charge in [0.05, 0.1) is 0 Å². The smallest absolute Gasteiger partial charge is 0.329 e. The van der Waals surface area contributed by atoms with Crippen molar-refractivity contribution in [2.45, 2.75) is 32.7 Å². The summed E-state index contributed by atoms with van der Waals surface area (Å²) in [5.74, 6) is -1.47. The van der Waals surface area contributed by atoms with E-state index in [1.54, 1.807) is 19.1 Å². The summed E-state index contributed by atoms with van der Waals surface area (Å²) in [6, 6.07) is 7.21. The van der Waals surface area contributed by atoms with Gasteiger partial charge in [-0.05, 0) is 38.5 Å². The minimum atomic E-state index is -1.30. The molecule has 20 heavy (non-hydrogen) atoms. The number of fused-ring (bicyclic) bond motifs is 1. The molecule has 0 bridgehead atoms. The molecular weight excluding hydrogens is 258 g/mol. The van der Waals surface area contributed by atoms with Crippen molar-refractivity contribution in [3.05, 3.63) is 35.6 Å². The van der Waals surface area contributed by atoms with Gasteiger partial charge in [-0.2, -0.15) is 0 Å². The molecule has 0 aliphatic heterocycles. The van der Waals surface area contributed by atoms with Gasteiger partial charge in [-0.1, -0.05) is 18.6 Å². The van der Waals surface area contributed by atoms with E-state index in [-0.39, 0.29) is 12.2 Å². The summed E-state index contributed by atoms with van der Waals surface area (Å²) in [6.07, 6.45) is 0.285. The maximum Gasteiger partial charge on any atom is 0.329 e. The molecular formula is C15H17NO4. The summed E-state index contributed by atoms with van der Waals surface area (Å²) in [5.41, 5.74) is 0.370. The number of rotatable bonds is 4. The highest BCUT2D eigenvalue weighted by molar-refractivity contribution is 5.98. The molecule has 0 aliphatic carbocycles. The van der Waals surface area contributed by atoms with E-state index < -0.39 is 17.4 Å². The van der Waals surface area contributed by atoms with E-state index in [4.69, 9.17) is 9.52 Å². The Balaban J connectivity index is 2.29. The Bertz CT molecular complexity index is 674. The Kier molecular flexibility index (Phi) is 3.53. The van der Waals surface area contributed by atoms with Gasteiger partial charge in [0.25, 0.3) is 5.91 Å². The normalized spacial score (nSPS) is 13.9. The molecule has 1 atom stereocenters. The van der Waals surface area contributed by atoms with Crippen molar-refractivity contribution in [3.63, 3.8) is 0 Å². The summed E-state index contributed by atoms with van der Waals surface area (Å²) >= 11 is 0. The highest BCUT2D eigenvalue weighted by atomic mass is 16.4. The van der Waals surface area contributed by atoms with E-state index >= 15 is 0 Å². The number of benzene rings is 1. The van der Waals surface area contributed by atoms with Crippen molar-refractivity contribution in [1.82, 2.24) is 5.32 Å². The first-order valence-electron chi connectivity index (χ1n) is 6.42. The molecule has 2 rings (SSSR count). The topological polar surface area (TPSA) is 79.5 Å². The van der Waals surface area contributed by atoms with Gasteiger partial charge in [-0.3, -0.25) is 4.79 Å². The third kappa shape index (κ3) is 2.52. The van der Waals surface area contributed by atoms with Crippen LogP contribution >= 0.6 is 0 Å². The first-order valence-corrected chi connectivity index (χ1v) is 6.42. The molecule has 0 spiro atoms. The molecule has 0 saturated carbocycles. The summed E-state index contributed by atoms with van der Waals surface area (Å²) in [6.45, 7) is 5.13. The molecule has 0 radical (unpaired) electrons. The van der Waals surface area contributed by atoms with Crippen LogP contribution < -0.4 is 5.32 Å². The zero-order valence-corrected chi connectivity index (χ0v) is 11.7. The van der Waals surface area contributed by atoms with Gasteiger partial charge in [0.2, 0.25) is 0 Å². The number of carbonyl (C=O) groups is 2. The lowest BCUT2D eigenvalue weighted by molar-refractivity contribution is -0.143. The van der Waals surface area contributed by atoms with Crippen LogP contribution in [0.3, 0.4) is 0 Å². The second-order valence-electron chi connectivity index (χ2n) is 5.10. The monoisotopic (exact) mass is 275 g/mol. The van der Waals surface area contributed by atoms with Crippen LogP contribution in [0.5, 0.6) is 0 Å². The summed E-state index contributed by atoms with van der Waals surface area (Å²) in [5, 5.41) is 12.5. The van der Waals surface area contributed by atoms with Gasteiger partial charge in [-0.15, -0.1) is 0 Å². The highest BCUT2D eigenvalue weighted by Gasteiger charge is 2.33. The van der Waals surface area contributed by atoms with Gasteiger partial charge in [-0.25, -0.2) is 4.79 Å². The van der Waals surface area contributed by atoms with E-state index in [0.717, 1.165) is 10.9 Å². The van der Waals surface area contributed by atoms with Gasteiger partial charge in [0.15, 0.2) is 5.76 Å². The Morgan fingerprint density at radius 3 is 2.65 bits per heavy atom. The van der Waals surface area contributed by atoms with Crippen LogP contribution in [-0.4, -0.2) is 22.5 Å². The lowest BCUT2D eigenvalue weighted by atomic mass is 9.99. The van der Waals surface area contributed by atoms with E-state index in [9.17, 15) is 9.59 Å². The minimum Gasteiger partial charge on any atom is -0.480 e. The largest absolute Gasteiger partial charge is 0.480 e. The first-order chi connectivity index (χ1) is 9.35. The number of carbonyl (C=O) groups excluding carboxylic acids is 1. The maximum atomic E-state index is 12.1. The molecule has 1 aromatic heterocycles. The minimum absolute atomic E-state index is 0.117. The van der Waals surface area contributed by atoms with Crippen LogP contribution in [0.25, 0.3) is 11.0 Å². The number of hydrogen-bond acceptors (Lipinski definition) is 3. The fourth-order valence-corrected chi connectivity index (χ4v) is 1.88. The quantitative estimate of drug-likeness (QED) is 0.899. The Labute approximate surface area is 116 Å². The Hall–Kier alpha value is -2.30. The zero-order valence-electron chi connectivity index (χ0n) is 11.7. The van der Waals surface area contributed by atoms with Crippen LogP contribution in [-0.2, 0) is 4.79 Å². The molecule has 1 amide bonds. The number of amides is 1. The van der Waals surface area contributed by atoms with E-state index in [1.165, 1.54) is 6.92 Å². The molecule has 0 saturated heterocycles. The van der Waals surface area contributed by atoms with Crippen molar-refractivity contribution in [3.8, 4) is 0 Å². The van der Waals surface area contributed by atoms with E-state index in [2.05, 4.69) is 5.32 Å². The fraction of sp³-hybridized carbons (Fsp3) is 0.333. The number of carboxylic acid groups (broad SMARTS) is 1. The number of aryl methyl sites for hydroxylation is 1. The predicted octanol–water partition coefficient (Wildman–Crippen LogP) is 2.72. The summed E-state index contributed by atoms with van der Waals surface area (Å²) in [4.78, 5) is 23.3. The van der Waals surface area contributed by atoms with Gasteiger partial charge in [0, 0.05) is 5.39 Å². The number of furan rings is 1. The predicted molar refractivity (Wildman–Crippen MR) is 74.7 cm³/mol. The van der Waals surface area contributed by atoms with Crippen LogP contribution in [0.1, 0.15) is 36.4 Å². The van der Waals surface area contributed by atoms with Crippen molar-refractivity contribution in [2.24, 2.45) is 0 Å². The molecule has 1 aromatic carbocycles. The third-order valence-corrected chi connectivity index (χ3v) is 3.46. The van der Waals surface area contributed by atoms with Gasteiger partial charge < -0.3 is 14.8 Å². The van der Waals surface area contributed by atoms with Gasteiger partial charge in [0.1, 0.15) is 11.1 Å². The van der Waals surface area contributed by atoms with E-state index in [0.29, 0.717) is 5.58 Å². The molecule has 106 valence electrons. The zero-order chi connectivity index (χ0) is 14.9. The SMILES string of the molecule is CCC(C)(NC(=O)c1cc2cc(C)ccc2o1)C(=O)O. The number of nitrogens with one attached hydrogen (secondary N) is 1. The summed E-state index contributed by atoms with van der Waals surface area (Å²) < 4.78 is 5.45. The van der Waals surface area contributed by atoms with Crippen LogP contribution in [0.4, 0.5) is 0 Å². The summed E-state index contributed by atoms with van der Waals surface area (Å²) in [7, 11) is 0. The number of aliphatic carboxylic acids is 1. The molecule has 1 heterocycles. The maximum absolute atomic E-state index is 12.1. The lowest BCUT2D eigenvalue weighted by Crippen LogP contribution is -2.51. The van der Waals surface area contributed by atoms with Crippen LogP contribution in [0, 0.1) is 6.92 Å². The lowest BCUT2D eigenvalue weighted by Gasteiger charge is -2.23. The average molecular weight is 275 g/mol. The molecule has 0 aliphatic rings. The second-order valence-corrected chi connectivity index (χ2v) is 5.10. The number of carboxylic acids is 1. The van der Waals surface area contributed by atoms with E-state index in [1.807, 2.05) is 19.1 Å². The molecule has 2 N–H and O–H groups in total. The van der Waals surface area contributed by atoms with Gasteiger partial charge >= 0.3 is 5.97 Å². The van der Waals surface area contributed by atoms with Crippen LogP contribution in [0.2, 0.25) is 0 Å². The fourth-order valence-electron chi connectivity index (χ4n) is 1.88. The molecule has 2 aromatic rings.